The lowest BCUT2D eigenvalue weighted by atomic mass is 10.1. The van der Waals surface area contributed by atoms with Gasteiger partial charge in [0.2, 0.25) is 0 Å². The number of hydrogen-bond donors (Lipinski definition) is 0. The van der Waals surface area contributed by atoms with Crippen molar-refractivity contribution in [2.24, 2.45) is 0 Å². The summed E-state index contributed by atoms with van der Waals surface area (Å²) in [5, 5.41) is 0. The number of hydrogen-bond acceptors (Lipinski definition) is 4. The number of benzene rings is 1. The van der Waals surface area contributed by atoms with Crippen LogP contribution in [-0.2, 0) is 4.74 Å². The summed E-state index contributed by atoms with van der Waals surface area (Å²) in [6, 6.07) is 4.89. The van der Waals surface area contributed by atoms with Crippen molar-refractivity contribution in [1.82, 2.24) is 9.80 Å². The van der Waals surface area contributed by atoms with E-state index in [1.807, 2.05) is 13.8 Å². The normalized spacial score (nSPS) is 25.3. The lowest BCUT2D eigenvalue weighted by Crippen LogP contribution is -2.50. The van der Waals surface area contributed by atoms with Crippen LogP contribution in [0.2, 0.25) is 0 Å². The second-order valence-electron chi connectivity index (χ2n) is 7.04. The third kappa shape index (κ3) is 3.96. The lowest BCUT2D eigenvalue weighted by molar-refractivity contribution is -0.0387. The van der Waals surface area contributed by atoms with Gasteiger partial charge in [0.15, 0.2) is 0 Å². The van der Waals surface area contributed by atoms with E-state index in [2.05, 4.69) is 16.7 Å². The second kappa shape index (κ2) is 7.70. The minimum absolute atomic E-state index is 0.00793. The van der Waals surface area contributed by atoms with E-state index in [0.29, 0.717) is 24.4 Å². The van der Waals surface area contributed by atoms with Crippen LogP contribution < -0.4 is 4.90 Å². The Balaban J connectivity index is 1.72. The molecule has 2 saturated heterocycles. The van der Waals surface area contributed by atoms with Gasteiger partial charge in [-0.3, -0.25) is 4.79 Å². The van der Waals surface area contributed by atoms with Crippen LogP contribution in [0.4, 0.5) is 10.1 Å². The average Bonchev–Trinajstić information content (AvgIpc) is 2.63. The molecule has 25 heavy (non-hydrogen) atoms. The molecule has 2 atom stereocenters. The second-order valence-corrected chi connectivity index (χ2v) is 7.04. The van der Waals surface area contributed by atoms with Crippen LogP contribution in [0, 0.1) is 5.82 Å². The largest absolute Gasteiger partial charge is 0.375 e. The van der Waals surface area contributed by atoms with Crippen molar-refractivity contribution in [2.75, 3.05) is 50.8 Å². The van der Waals surface area contributed by atoms with E-state index in [1.54, 1.807) is 17.0 Å². The van der Waals surface area contributed by atoms with Crippen LogP contribution in [0.1, 0.15) is 31.1 Å². The van der Waals surface area contributed by atoms with E-state index in [1.165, 1.54) is 6.07 Å². The van der Waals surface area contributed by atoms with Crippen molar-refractivity contribution in [3.8, 4) is 0 Å². The van der Waals surface area contributed by atoms with Crippen LogP contribution in [0.3, 0.4) is 0 Å². The van der Waals surface area contributed by atoms with Gasteiger partial charge in [-0.05, 0) is 38.6 Å². The first kappa shape index (κ1) is 18.1. The number of nitrogens with zero attached hydrogens (tertiary/aromatic N) is 3. The highest BCUT2D eigenvalue weighted by Crippen LogP contribution is 2.24. The van der Waals surface area contributed by atoms with E-state index in [0.717, 1.165) is 32.7 Å². The van der Waals surface area contributed by atoms with Gasteiger partial charge in [-0.2, -0.15) is 0 Å². The molecule has 2 aliphatic rings. The quantitative estimate of drug-likeness (QED) is 0.838. The van der Waals surface area contributed by atoms with Gasteiger partial charge in [-0.1, -0.05) is 6.92 Å². The summed E-state index contributed by atoms with van der Waals surface area (Å²) in [4.78, 5) is 19.0. The Bertz CT molecular complexity index is 617. The molecule has 0 bridgehead atoms. The Morgan fingerprint density at radius 1 is 1.24 bits per heavy atom. The smallest absolute Gasteiger partial charge is 0.254 e. The lowest BCUT2D eigenvalue weighted by Gasteiger charge is -2.37. The van der Waals surface area contributed by atoms with Gasteiger partial charge in [0.05, 0.1) is 24.4 Å². The van der Waals surface area contributed by atoms with Gasteiger partial charge in [0, 0.05) is 38.3 Å². The number of rotatable bonds is 3. The molecule has 6 heteroatoms. The highest BCUT2D eigenvalue weighted by atomic mass is 19.1. The van der Waals surface area contributed by atoms with Crippen molar-refractivity contribution in [3.63, 3.8) is 0 Å². The zero-order chi connectivity index (χ0) is 18.0. The Morgan fingerprint density at radius 2 is 1.96 bits per heavy atom. The molecule has 3 rings (SSSR count). The van der Waals surface area contributed by atoms with E-state index >= 15 is 0 Å². The Kier molecular flexibility index (Phi) is 5.59. The highest BCUT2D eigenvalue weighted by Gasteiger charge is 2.29. The van der Waals surface area contributed by atoms with Gasteiger partial charge in [0.25, 0.3) is 5.91 Å². The number of likely N-dealkylation sites (N-methyl/N-ethyl adjacent to an activating group) is 1. The molecule has 2 fully saturated rings. The Morgan fingerprint density at radius 3 is 2.60 bits per heavy atom. The third-order valence-corrected chi connectivity index (χ3v) is 5.22. The molecule has 0 aliphatic carbocycles. The van der Waals surface area contributed by atoms with Crippen molar-refractivity contribution in [2.45, 2.75) is 32.9 Å². The molecule has 0 saturated carbocycles. The van der Waals surface area contributed by atoms with Crippen LogP contribution >= 0.6 is 0 Å². The van der Waals surface area contributed by atoms with Gasteiger partial charge in [0.1, 0.15) is 5.82 Å². The number of carbonyl (C=O) groups is 1. The van der Waals surface area contributed by atoms with E-state index in [9.17, 15) is 9.18 Å². The number of carbonyl (C=O) groups excluding carboxylic acids is 1. The fourth-order valence-electron chi connectivity index (χ4n) is 3.55. The molecule has 0 N–H and O–H groups in total. The maximum absolute atomic E-state index is 14.7. The van der Waals surface area contributed by atoms with Gasteiger partial charge in [-0.15, -0.1) is 0 Å². The van der Waals surface area contributed by atoms with E-state index in [-0.39, 0.29) is 23.9 Å². The van der Waals surface area contributed by atoms with Crippen LogP contribution in [-0.4, -0.2) is 73.7 Å². The average molecular weight is 349 g/mol. The summed E-state index contributed by atoms with van der Waals surface area (Å²) >= 11 is 0. The number of piperazine rings is 1. The molecule has 2 aliphatic heterocycles. The predicted octanol–water partition coefficient (Wildman–Crippen LogP) is 2.22. The molecule has 1 amide bonds. The number of anilines is 1. The van der Waals surface area contributed by atoms with Crippen molar-refractivity contribution in [3.05, 3.63) is 29.6 Å². The number of halogens is 1. The van der Waals surface area contributed by atoms with Crippen molar-refractivity contribution < 1.29 is 13.9 Å². The molecule has 0 unspecified atom stereocenters. The minimum Gasteiger partial charge on any atom is -0.375 e. The van der Waals surface area contributed by atoms with Crippen molar-refractivity contribution >= 4 is 11.6 Å². The molecular formula is C19H28FN3O2. The Hall–Kier alpha value is -1.66. The monoisotopic (exact) mass is 349 g/mol. The first-order chi connectivity index (χ1) is 12.0. The summed E-state index contributed by atoms with van der Waals surface area (Å²) < 4.78 is 20.2. The van der Waals surface area contributed by atoms with Crippen LogP contribution in [0.15, 0.2) is 18.2 Å². The fourth-order valence-corrected chi connectivity index (χ4v) is 3.55. The summed E-state index contributed by atoms with van der Waals surface area (Å²) in [5.41, 5.74) is 1.00. The van der Waals surface area contributed by atoms with Gasteiger partial charge in [-0.25, -0.2) is 4.39 Å². The molecule has 1 aromatic rings. The highest BCUT2D eigenvalue weighted by molar-refractivity contribution is 5.95. The number of amides is 1. The molecule has 0 aromatic heterocycles. The molecule has 2 heterocycles. The predicted molar refractivity (Wildman–Crippen MR) is 96.6 cm³/mol. The summed E-state index contributed by atoms with van der Waals surface area (Å²) in [6.07, 6.45) is 0.0131. The zero-order valence-corrected chi connectivity index (χ0v) is 15.4. The summed E-state index contributed by atoms with van der Waals surface area (Å²) in [6.45, 7) is 11.7. The molecule has 5 nitrogen and oxygen atoms in total. The third-order valence-electron chi connectivity index (χ3n) is 5.22. The first-order valence-corrected chi connectivity index (χ1v) is 9.19. The molecule has 0 spiro atoms. The number of ether oxygens (including phenoxy) is 1. The maximum atomic E-state index is 14.7. The minimum atomic E-state index is -0.315. The summed E-state index contributed by atoms with van der Waals surface area (Å²) in [7, 11) is 0. The standard InChI is InChI=1S/C19H28FN3O2/c1-4-21-7-9-22(10-8-21)18-6-5-16(11-17(18)20)19(24)23-12-15(3)25-13-14(23)2/h5-6,11,14-15H,4,7-10,12-13H2,1-3H3/t14-,15-/m0/s1. The molecule has 1 aromatic carbocycles. The van der Waals surface area contributed by atoms with Crippen molar-refractivity contribution in [1.29, 1.82) is 0 Å². The fraction of sp³-hybridized carbons (Fsp3) is 0.632. The van der Waals surface area contributed by atoms with Gasteiger partial charge < -0.3 is 19.4 Å². The van der Waals surface area contributed by atoms with Crippen LogP contribution in [0.5, 0.6) is 0 Å². The molecular weight excluding hydrogens is 321 g/mol. The maximum Gasteiger partial charge on any atom is 0.254 e. The van der Waals surface area contributed by atoms with E-state index < -0.39 is 0 Å². The molecule has 138 valence electrons. The van der Waals surface area contributed by atoms with E-state index in [4.69, 9.17) is 4.74 Å². The zero-order valence-electron chi connectivity index (χ0n) is 15.4. The SMILES string of the molecule is CCN1CCN(c2ccc(C(=O)N3C[C@H](C)OC[C@@H]3C)cc2F)CC1. The summed E-state index contributed by atoms with van der Waals surface area (Å²) in [5.74, 6) is -0.436. The Labute approximate surface area is 149 Å². The first-order valence-electron chi connectivity index (χ1n) is 9.19. The topological polar surface area (TPSA) is 36.0 Å². The van der Waals surface area contributed by atoms with Crippen LogP contribution in [0.25, 0.3) is 0 Å². The molecule has 0 radical (unpaired) electrons. The number of morpholine rings is 1. The van der Waals surface area contributed by atoms with Gasteiger partial charge >= 0.3 is 0 Å².